The van der Waals surface area contributed by atoms with E-state index in [1.54, 1.807) is 0 Å². The Bertz CT molecular complexity index is 559. The topological polar surface area (TPSA) is 58.7 Å². The molecule has 0 radical (unpaired) electrons. The Balaban J connectivity index is 1.53. The van der Waals surface area contributed by atoms with Crippen LogP contribution in [0.4, 0.5) is 0 Å². The van der Waals surface area contributed by atoms with E-state index in [1.807, 2.05) is 24.3 Å². The molecule has 0 saturated carbocycles. The van der Waals surface area contributed by atoms with Crippen LogP contribution in [0.2, 0.25) is 0 Å². The summed E-state index contributed by atoms with van der Waals surface area (Å²) in [4.78, 5) is 6.56. The number of likely N-dealkylation sites (tertiary alicyclic amines) is 1. The molecule has 0 spiro atoms. The van der Waals surface area contributed by atoms with Crippen LogP contribution < -0.4 is 4.74 Å². The predicted octanol–water partition coefficient (Wildman–Crippen LogP) is 2.31. The molecular formula is C16H20N2O3. The highest BCUT2D eigenvalue weighted by Gasteiger charge is 2.11. The lowest BCUT2D eigenvalue weighted by atomic mass is 10.2. The zero-order valence-corrected chi connectivity index (χ0v) is 12.0. The number of aromatic nitrogens is 1. The first kappa shape index (κ1) is 14.1. The minimum atomic E-state index is -0.134. The monoisotopic (exact) mass is 288 g/mol. The number of hydrogen-bond donors (Lipinski definition) is 1. The van der Waals surface area contributed by atoms with Gasteiger partial charge >= 0.3 is 0 Å². The van der Waals surface area contributed by atoms with Gasteiger partial charge in [0.05, 0.1) is 6.20 Å². The smallest absolute Gasteiger partial charge is 0.226 e. The molecule has 1 N–H and O–H groups in total. The summed E-state index contributed by atoms with van der Waals surface area (Å²) >= 11 is 0. The molecule has 112 valence electrons. The van der Waals surface area contributed by atoms with Gasteiger partial charge in [-0.1, -0.05) is 0 Å². The van der Waals surface area contributed by atoms with Crippen LogP contribution in [0.5, 0.6) is 5.75 Å². The van der Waals surface area contributed by atoms with Crippen LogP contribution in [0, 0.1) is 0 Å². The maximum atomic E-state index is 8.97. The molecule has 5 nitrogen and oxygen atoms in total. The van der Waals surface area contributed by atoms with Gasteiger partial charge in [-0.15, -0.1) is 0 Å². The molecule has 3 rings (SSSR count). The van der Waals surface area contributed by atoms with Crippen molar-refractivity contribution in [2.45, 2.75) is 19.4 Å². The van der Waals surface area contributed by atoms with Crippen LogP contribution in [-0.4, -0.2) is 41.2 Å². The Labute approximate surface area is 124 Å². The number of benzene rings is 1. The molecule has 1 saturated heterocycles. The average molecular weight is 288 g/mol. The number of aliphatic hydroxyl groups excluding tert-OH is 1. The van der Waals surface area contributed by atoms with Crippen LogP contribution >= 0.6 is 0 Å². The fraction of sp³-hybridized carbons (Fsp3) is 0.438. The Hall–Kier alpha value is -1.85. The molecule has 2 heterocycles. The Kier molecular flexibility index (Phi) is 4.52. The van der Waals surface area contributed by atoms with E-state index in [4.69, 9.17) is 14.3 Å². The second kappa shape index (κ2) is 6.74. The summed E-state index contributed by atoms with van der Waals surface area (Å²) in [5.41, 5.74) is 0.876. The second-order valence-corrected chi connectivity index (χ2v) is 5.21. The highest BCUT2D eigenvalue weighted by atomic mass is 16.5. The Morgan fingerprint density at radius 2 is 1.95 bits per heavy atom. The van der Waals surface area contributed by atoms with Crippen molar-refractivity contribution in [1.29, 1.82) is 0 Å². The highest BCUT2D eigenvalue weighted by Crippen LogP contribution is 2.22. The lowest BCUT2D eigenvalue weighted by molar-refractivity contribution is 0.238. The summed E-state index contributed by atoms with van der Waals surface area (Å²) in [6.07, 6.45) is 4.15. The summed E-state index contributed by atoms with van der Waals surface area (Å²) < 4.78 is 11.2. The van der Waals surface area contributed by atoms with Crippen molar-refractivity contribution in [2.24, 2.45) is 0 Å². The van der Waals surface area contributed by atoms with Gasteiger partial charge in [-0.3, -0.25) is 4.90 Å². The van der Waals surface area contributed by atoms with Crippen molar-refractivity contribution in [2.75, 3.05) is 26.2 Å². The van der Waals surface area contributed by atoms with Crippen LogP contribution in [0.1, 0.15) is 18.6 Å². The van der Waals surface area contributed by atoms with Gasteiger partial charge in [-0.25, -0.2) is 4.98 Å². The third kappa shape index (κ3) is 3.62. The maximum absolute atomic E-state index is 8.97. The molecular weight excluding hydrogens is 268 g/mol. The SMILES string of the molecule is OCc1cnc(-c2ccc(OCCN3CCCC3)cc2)o1. The first-order chi connectivity index (χ1) is 10.3. The largest absolute Gasteiger partial charge is 0.492 e. The van der Waals surface area contributed by atoms with E-state index in [2.05, 4.69) is 9.88 Å². The van der Waals surface area contributed by atoms with Gasteiger partial charge < -0.3 is 14.3 Å². The molecule has 5 heteroatoms. The number of rotatable bonds is 6. The van der Waals surface area contributed by atoms with Crippen molar-refractivity contribution >= 4 is 0 Å². The lowest BCUT2D eigenvalue weighted by Gasteiger charge is -2.14. The van der Waals surface area contributed by atoms with Gasteiger partial charge in [0.25, 0.3) is 0 Å². The van der Waals surface area contributed by atoms with Gasteiger partial charge in [-0.05, 0) is 50.2 Å². The Morgan fingerprint density at radius 1 is 1.19 bits per heavy atom. The van der Waals surface area contributed by atoms with Crippen molar-refractivity contribution in [3.05, 3.63) is 36.2 Å². The average Bonchev–Trinajstić information content (AvgIpc) is 3.19. The number of ether oxygens (including phenoxy) is 1. The maximum Gasteiger partial charge on any atom is 0.226 e. The second-order valence-electron chi connectivity index (χ2n) is 5.21. The summed E-state index contributed by atoms with van der Waals surface area (Å²) in [6.45, 7) is 3.96. The van der Waals surface area contributed by atoms with Crippen LogP contribution in [0.15, 0.2) is 34.9 Å². The molecule has 21 heavy (non-hydrogen) atoms. The third-order valence-corrected chi connectivity index (χ3v) is 3.69. The minimum absolute atomic E-state index is 0.134. The third-order valence-electron chi connectivity index (χ3n) is 3.69. The fourth-order valence-corrected chi connectivity index (χ4v) is 2.51. The predicted molar refractivity (Wildman–Crippen MR) is 79.0 cm³/mol. The van der Waals surface area contributed by atoms with E-state index in [0.717, 1.165) is 17.9 Å². The molecule has 0 amide bonds. The normalized spacial score (nSPS) is 15.5. The van der Waals surface area contributed by atoms with Gasteiger partial charge in [0.15, 0.2) is 0 Å². The van der Waals surface area contributed by atoms with E-state index in [0.29, 0.717) is 18.3 Å². The molecule has 1 aromatic heterocycles. The molecule has 1 aliphatic rings. The molecule has 2 aromatic rings. The first-order valence-electron chi connectivity index (χ1n) is 7.36. The van der Waals surface area contributed by atoms with E-state index >= 15 is 0 Å². The van der Waals surface area contributed by atoms with Gasteiger partial charge in [0.1, 0.15) is 24.7 Å². The van der Waals surface area contributed by atoms with E-state index in [9.17, 15) is 0 Å². The summed E-state index contributed by atoms with van der Waals surface area (Å²) in [7, 11) is 0. The van der Waals surface area contributed by atoms with Crippen molar-refractivity contribution in [1.82, 2.24) is 9.88 Å². The number of aliphatic hydroxyl groups is 1. The molecule has 0 bridgehead atoms. The number of nitrogens with zero attached hydrogens (tertiary/aromatic N) is 2. The fourth-order valence-electron chi connectivity index (χ4n) is 2.51. The summed E-state index contributed by atoms with van der Waals surface area (Å²) in [5, 5.41) is 8.97. The van der Waals surface area contributed by atoms with E-state index in [-0.39, 0.29) is 6.61 Å². The van der Waals surface area contributed by atoms with Crippen molar-refractivity contribution in [3.8, 4) is 17.2 Å². The minimum Gasteiger partial charge on any atom is -0.492 e. The first-order valence-corrected chi connectivity index (χ1v) is 7.36. The zero-order chi connectivity index (χ0) is 14.5. The molecule has 0 atom stereocenters. The Morgan fingerprint density at radius 3 is 2.62 bits per heavy atom. The molecule has 1 aromatic carbocycles. The van der Waals surface area contributed by atoms with Gasteiger partial charge in [-0.2, -0.15) is 0 Å². The summed E-state index contributed by atoms with van der Waals surface area (Å²) in [6, 6.07) is 7.67. The molecule has 1 fully saturated rings. The summed E-state index contributed by atoms with van der Waals surface area (Å²) in [5.74, 6) is 1.84. The van der Waals surface area contributed by atoms with E-state index < -0.39 is 0 Å². The van der Waals surface area contributed by atoms with Crippen molar-refractivity contribution < 1.29 is 14.3 Å². The highest BCUT2D eigenvalue weighted by molar-refractivity contribution is 5.54. The molecule has 0 aliphatic carbocycles. The van der Waals surface area contributed by atoms with Gasteiger partial charge in [0, 0.05) is 12.1 Å². The molecule has 1 aliphatic heterocycles. The lowest BCUT2D eigenvalue weighted by Crippen LogP contribution is -2.25. The van der Waals surface area contributed by atoms with Crippen LogP contribution in [0.25, 0.3) is 11.5 Å². The van der Waals surface area contributed by atoms with Crippen molar-refractivity contribution in [3.63, 3.8) is 0 Å². The zero-order valence-electron chi connectivity index (χ0n) is 12.0. The standard InChI is InChI=1S/C16H20N2O3/c19-12-15-11-17-16(21-15)13-3-5-14(6-4-13)20-10-9-18-7-1-2-8-18/h3-6,11,19H,1-2,7-10,12H2. The number of oxazole rings is 1. The van der Waals surface area contributed by atoms with Crippen LogP contribution in [-0.2, 0) is 6.61 Å². The van der Waals surface area contributed by atoms with Crippen LogP contribution in [0.3, 0.4) is 0 Å². The quantitative estimate of drug-likeness (QED) is 0.884. The molecule has 0 unspecified atom stereocenters. The van der Waals surface area contributed by atoms with Gasteiger partial charge in [0.2, 0.25) is 5.89 Å². The number of hydrogen-bond acceptors (Lipinski definition) is 5. The van der Waals surface area contributed by atoms with E-state index in [1.165, 1.54) is 32.1 Å².